The number of hydrogen-bond acceptors (Lipinski definition) is 3. The van der Waals surface area contributed by atoms with Crippen molar-refractivity contribution in [2.45, 2.75) is 51.0 Å². The predicted molar refractivity (Wildman–Crippen MR) is 81.0 cm³/mol. The zero-order chi connectivity index (χ0) is 14.3. The number of amides is 1. The Labute approximate surface area is 127 Å². The number of fused-ring (bicyclic) bond motifs is 2. The Morgan fingerprint density at radius 2 is 1.81 bits per heavy atom. The van der Waals surface area contributed by atoms with Crippen LogP contribution in [0.25, 0.3) is 0 Å². The molecule has 4 aliphatic rings. The van der Waals surface area contributed by atoms with Crippen molar-refractivity contribution in [3.05, 3.63) is 0 Å². The summed E-state index contributed by atoms with van der Waals surface area (Å²) in [6, 6.07) is 0.515. The molecule has 0 radical (unpaired) electrons. The Morgan fingerprint density at radius 3 is 2.48 bits per heavy atom. The molecule has 4 nitrogen and oxygen atoms in total. The fourth-order valence-electron chi connectivity index (χ4n) is 5.05. The molecule has 4 heteroatoms. The van der Waals surface area contributed by atoms with Crippen LogP contribution in [0.4, 0.5) is 0 Å². The summed E-state index contributed by atoms with van der Waals surface area (Å²) in [5, 5.41) is 0. The van der Waals surface area contributed by atoms with Crippen LogP contribution in [0.3, 0.4) is 0 Å². The number of carbonyl (C=O) groups excluding carboxylic acids is 1. The van der Waals surface area contributed by atoms with E-state index in [2.05, 4.69) is 9.80 Å². The molecule has 0 aromatic heterocycles. The first-order valence-corrected chi connectivity index (χ1v) is 8.88. The van der Waals surface area contributed by atoms with E-state index in [9.17, 15) is 4.79 Å². The van der Waals surface area contributed by atoms with Crippen molar-refractivity contribution in [3.8, 4) is 0 Å². The van der Waals surface area contributed by atoms with Crippen LogP contribution in [-0.4, -0.2) is 61.1 Å². The second-order valence-electron chi connectivity index (χ2n) is 7.63. The monoisotopic (exact) mass is 292 g/mol. The summed E-state index contributed by atoms with van der Waals surface area (Å²) in [6.45, 7) is 5.50. The van der Waals surface area contributed by atoms with E-state index in [-0.39, 0.29) is 0 Å². The number of likely N-dealkylation sites (tertiary alicyclic amines) is 2. The first-order valence-electron chi connectivity index (χ1n) is 8.88. The van der Waals surface area contributed by atoms with E-state index < -0.39 is 0 Å². The summed E-state index contributed by atoms with van der Waals surface area (Å²) in [7, 11) is 0. The van der Waals surface area contributed by atoms with E-state index in [0.717, 1.165) is 32.8 Å². The van der Waals surface area contributed by atoms with Crippen LogP contribution >= 0.6 is 0 Å². The molecule has 0 N–H and O–H groups in total. The molecule has 0 aromatic carbocycles. The van der Waals surface area contributed by atoms with Gasteiger partial charge >= 0.3 is 0 Å². The second kappa shape index (κ2) is 5.54. The lowest BCUT2D eigenvalue weighted by Gasteiger charge is -2.42. The molecule has 2 unspecified atom stereocenters. The van der Waals surface area contributed by atoms with E-state index >= 15 is 0 Å². The van der Waals surface area contributed by atoms with Crippen molar-refractivity contribution in [3.63, 3.8) is 0 Å². The van der Waals surface area contributed by atoms with Crippen molar-refractivity contribution >= 4 is 5.91 Å². The van der Waals surface area contributed by atoms with Crippen LogP contribution in [0.2, 0.25) is 0 Å². The first-order chi connectivity index (χ1) is 10.3. The Morgan fingerprint density at radius 1 is 1.05 bits per heavy atom. The van der Waals surface area contributed by atoms with Gasteiger partial charge in [-0.15, -0.1) is 0 Å². The molecule has 0 bridgehead atoms. The molecule has 4 fully saturated rings. The van der Waals surface area contributed by atoms with Gasteiger partial charge in [0.15, 0.2) is 0 Å². The van der Waals surface area contributed by atoms with Crippen LogP contribution in [0.15, 0.2) is 0 Å². The molecule has 0 aromatic rings. The second-order valence-corrected chi connectivity index (χ2v) is 7.63. The average molecular weight is 292 g/mol. The minimum absolute atomic E-state index is 0.360. The minimum Gasteiger partial charge on any atom is -0.379 e. The molecule has 1 spiro atoms. The lowest BCUT2D eigenvalue weighted by molar-refractivity contribution is -0.132. The van der Waals surface area contributed by atoms with E-state index in [1.807, 2.05) is 0 Å². The molecule has 3 aliphatic heterocycles. The van der Waals surface area contributed by atoms with Gasteiger partial charge in [-0.25, -0.2) is 0 Å². The van der Waals surface area contributed by atoms with Crippen molar-refractivity contribution in [1.82, 2.24) is 9.80 Å². The molecular formula is C17H28N2O2. The summed E-state index contributed by atoms with van der Waals surface area (Å²) in [6.07, 6.45) is 9.02. The lowest BCUT2D eigenvalue weighted by Crippen LogP contribution is -2.44. The Kier molecular flexibility index (Phi) is 3.70. The quantitative estimate of drug-likeness (QED) is 0.779. The van der Waals surface area contributed by atoms with Gasteiger partial charge in [0.1, 0.15) is 0 Å². The summed E-state index contributed by atoms with van der Waals surface area (Å²) in [5.41, 5.74) is 0.500. The summed E-state index contributed by atoms with van der Waals surface area (Å²) < 4.78 is 5.75. The number of rotatable bonds is 2. The van der Waals surface area contributed by atoms with Crippen LogP contribution in [-0.2, 0) is 9.53 Å². The molecule has 4 rings (SSSR count). The van der Waals surface area contributed by atoms with Crippen LogP contribution in [0.1, 0.15) is 44.9 Å². The van der Waals surface area contributed by atoms with Gasteiger partial charge in [-0.05, 0) is 31.1 Å². The third-order valence-electron chi connectivity index (χ3n) is 6.47. The lowest BCUT2D eigenvalue weighted by atomic mass is 9.62. The molecule has 2 atom stereocenters. The van der Waals surface area contributed by atoms with Crippen molar-refractivity contribution in [1.29, 1.82) is 0 Å². The van der Waals surface area contributed by atoms with Gasteiger partial charge in [0, 0.05) is 31.6 Å². The number of hydrogen-bond donors (Lipinski definition) is 0. The van der Waals surface area contributed by atoms with Gasteiger partial charge in [0.05, 0.1) is 19.8 Å². The molecule has 3 saturated heterocycles. The van der Waals surface area contributed by atoms with E-state index in [0.29, 0.717) is 29.8 Å². The van der Waals surface area contributed by atoms with Gasteiger partial charge in [-0.2, -0.15) is 0 Å². The van der Waals surface area contributed by atoms with Crippen molar-refractivity contribution in [2.75, 3.05) is 39.4 Å². The molecule has 21 heavy (non-hydrogen) atoms. The predicted octanol–water partition coefficient (Wildman–Crippen LogP) is 1.89. The maximum absolute atomic E-state index is 12.7. The largest absolute Gasteiger partial charge is 0.379 e. The van der Waals surface area contributed by atoms with Gasteiger partial charge < -0.3 is 9.64 Å². The summed E-state index contributed by atoms with van der Waals surface area (Å²) >= 11 is 0. The highest BCUT2D eigenvalue weighted by atomic mass is 16.5. The fraction of sp³-hybridized carbons (Fsp3) is 0.941. The Bertz CT molecular complexity index is 400. The van der Waals surface area contributed by atoms with E-state index in [4.69, 9.17) is 4.74 Å². The molecular weight excluding hydrogens is 264 g/mol. The van der Waals surface area contributed by atoms with E-state index in [1.165, 1.54) is 44.9 Å². The maximum Gasteiger partial charge on any atom is 0.236 e. The highest BCUT2D eigenvalue weighted by Crippen LogP contribution is 2.55. The van der Waals surface area contributed by atoms with Crippen molar-refractivity contribution in [2.24, 2.45) is 11.3 Å². The average Bonchev–Trinajstić information content (AvgIpc) is 2.90. The number of nitrogens with zero attached hydrogens (tertiary/aromatic N) is 2. The number of carbonyl (C=O) groups is 1. The number of ether oxygens (including phenoxy) is 1. The van der Waals surface area contributed by atoms with Gasteiger partial charge in [-0.1, -0.05) is 19.3 Å². The topological polar surface area (TPSA) is 32.8 Å². The zero-order valence-electron chi connectivity index (χ0n) is 13.1. The Balaban J connectivity index is 1.41. The highest BCUT2D eigenvalue weighted by Gasteiger charge is 2.57. The smallest absolute Gasteiger partial charge is 0.236 e. The molecule has 1 amide bonds. The maximum atomic E-state index is 12.7. The normalized spacial score (nSPS) is 35.5. The van der Waals surface area contributed by atoms with Crippen molar-refractivity contribution < 1.29 is 9.53 Å². The minimum atomic E-state index is 0.360. The van der Waals surface area contributed by atoms with Gasteiger partial charge in [0.25, 0.3) is 0 Å². The molecule has 118 valence electrons. The summed E-state index contributed by atoms with van der Waals surface area (Å²) in [4.78, 5) is 17.2. The van der Waals surface area contributed by atoms with Crippen LogP contribution < -0.4 is 0 Å². The van der Waals surface area contributed by atoms with Crippen LogP contribution in [0.5, 0.6) is 0 Å². The highest BCUT2D eigenvalue weighted by molar-refractivity contribution is 5.78. The molecule has 1 saturated carbocycles. The third kappa shape index (κ3) is 2.40. The van der Waals surface area contributed by atoms with Gasteiger partial charge in [0.2, 0.25) is 5.91 Å². The molecule has 1 aliphatic carbocycles. The molecule has 3 heterocycles. The van der Waals surface area contributed by atoms with Gasteiger partial charge in [-0.3, -0.25) is 9.69 Å². The SMILES string of the molecule is O=C(CN1CC2(CCC2)C2COCC21)N1CCCCCC1. The zero-order valence-corrected chi connectivity index (χ0v) is 13.1. The summed E-state index contributed by atoms with van der Waals surface area (Å²) in [5.74, 6) is 1.06. The first kappa shape index (κ1) is 14.0. The standard InChI is InChI=1S/C17H28N2O2/c20-16(18-8-3-1-2-4-9-18)10-19-13-17(6-5-7-17)14-11-21-12-15(14)19/h14-15H,1-13H2. The Hall–Kier alpha value is -0.610. The third-order valence-corrected chi connectivity index (χ3v) is 6.47. The van der Waals surface area contributed by atoms with Crippen LogP contribution in [0, 0.1) is 11.3 Å². The fourth-order valence-corrected chi connectivity index (χ4v) is 5.05. The van der Waals surface area contributed by atoms with E-state index in [1.54, 1.807) is 0 Å².